The molecule has 0 aromatic heterocycles. The van der Waals surface area contributed by atoms with Gasteiger partial charge in [0.05, 0.1) is 16.1 Å². The molecule has 0 aliphatic rings. The van der Waals surface area contributed by atoms with Gasteiger partial charge in [0, 0.05) is 11.6 Å². The summed E-state index contributed by atoms with van der Waals surface area (Å²) in [4.78, 5) is 21.6. The molecule has 0 heterocycles. The summed E-state index contributed by atoms with van der Waals surface area (Å²) in [6, 6.07) is 7.69. The maximum Gasteiger partial charge on any atom is 0.336 e. The first kappa shape index (κ1) is 13.7. The van der Waals surface area contributed by atoms with Crippen LogP contribution >= 0.6 is 0 Å². The normalized spacial score (nSPS) is 10.3. The molecule has 102 valence electrons. The summed E-state index contributed by atoms with van der Waals surface area (Å²) in [7, 11) is 0. The van der Waals surface area contributed by atoms with E-state index < -0.39 is 22.4 Å². The highest BCUT2D eigenvalue weighted by Crippen LogP contribution is 2.35. The standard InChI is InChI=1S/C14H10FNO4/c1-8-5-6-11(15)10(7-8)13-9(14(17)18)3-2-4-12(13)16(19)20/h2-7H,1H3,(H,17,18). The number of rotatable bonds is 3. The van der Waals surface area contributed by atoms with Crippen LogP contribution in [-0.2, 0) is 0 Å². The van der Waals surface area contributed by atoms with E-state index in [0.717, 1.165) is 12.1 Å². The van der Waals surface area contributed by atoms with Gasteiger partial charge in [-0.2, -0.15) is 0 Å². The number of nitro groups is 1. The molecule has 0 fully saturated rings. The van der Waals surface area contributed by atoms with E-state index in [1.165, 1.54) is 24.3 Å². The molecule has 5 nitrogen and oxygen atoms in total. The van der Waals surface area contributed by atoms with E-state index in [1.54, 1.807) is 6.92 Å². The quantitative estimate of drug-likeness (QED) is 0.687. The third-order valence-corrected chi connectivity index (χ3v) is 2.86. The zero-order valence-corrected chi connectivity index (χ0v) is 10.5. The molecule has 0 atom stereocenters. The van der Waals surface area contributed by atoms with E-state index in [9.17, 15) is 19.3 Å². The molecule has 0 aliphatic heterocycles. The Labute approximate surface area is 113 Å². The van der Waals surface area contributed by atoms with Crippen molar-refractivity contribution in [3.63, 3.8) is 0 Å². The topological polar surface area (TPSA) is 80.4 Å². The summed E-state index contributed by atoms with van der Waals surface area (Å²) in [6.45, 7) is 1.69. The number of hydrogen-bond donors (Lipinski definition) is 1. The largest absolute Gasteiger partial charge is 0.478 e. The van der Waals surface area contributed by atoms with E-state index in [1.807, 2.05) is 0 Å². The van der Waals surface area contributed by atoms with Crippen LogP contribution in [0.5, 0.6) is 0 Å². The Bertz CT molecular complexity index is 680. The molecule has 20 heavy (non-hydrogen) atoms. The first-order chi connectivity index (χ1) is 9.41. The van der Waals surface area contributed by atoms with Crippen LogP contribution < -0.4 is 0 Å². The first-order valence-electron chi connectivity index (χ1n) is 5.69. The van der Waals surface area contributed by atoms with Gasteiger partial charge in [-0.15, -0.1) is 0 Å². The van der Waals surface area contributed by atoms with Crippen molar-refractivity contribution in [1.82, 2.24) is 0 Å². The number of nitro benzene ring substituents is 1. The number of nitrogens with zero attached hydrogens (tertiary/aromatic N) is 1. The maximum atomic E-state index is 13.9. The van der Waals surface area contributed by atoms with Gasteiger partial charge < -0.3 is 5.11 Å². The summed E-state index contributed by atoms with van der Waals surface area (Å²) in [6.07, 6.45) is 0. The highest BCUT2D eigenvalue weighted by molar-refractivity contribution is 5.99. The smallest absolute Gasteiger partial charge is 0.336 e. The van der Waals surface area contributed by atoms with Crippen molar-refractivity contribution < 1.29 is 19.2 Å². The number of carbonyl (C=O) groups is 1. The van der Waals surface area contributed by atoms with E-state index in [2.05, 4.69) is 0 Å². The van der Waals surface area contributed by atoms with Gasteiger partial charge >= 0.3 is 5.97 Å². The maximum absolute atomic E-state index is 13.9. The fraction of sp³-hybridized carbons (Fsp3) is 0.0714. The van der Waals surface area contributed by atoms with E-state index >= 15 is 0 Å². The van der Waals surface area contributed by atoms with Crippen LogP contribution in [0.2, 0.25) is 0 Å². The Kier molecular flexibility index (Phi) is 3.47. The number of halogens is 1. The Morgan fingerprint density at radius 1 is 1.30 bits per heavy atom. The molecular weight excluding hydrogens is 265 g/mol. The van der Waals surface area contributed by atoms with Crippen LogP contribution in [-0.4, -0.2) is 16.0 Å². The predicted molar refractivity (Wildman–Crippen MR) is 70.2 cm³/mol. The summed E-state index contributed by atoms with van der Waals surface area (Å²) in [5, 5.41) is 20.2. The molecule has 1 N–H and O–H groups in total. The van der Waals surface area contributed by atoms with Crippen molar-refractivity contribution >= 4 is 11.7 Å². The molecule has 2 rings (SSSR count). The van der Waals surface area contributed by atoms with E-state index in [4.69, 9.17) is 5.11 Å². The molecule has 0 unspecified atom stereocenters. The lowest BCUT2D eigenvalue weighted by atomic mass is 9.96. The average Bonchev–Trinajstić information content (AvgIpc) is 2.40. The Hall–Kier alpha value is -2.76. The van der Waals surface area contributed by atoms with Crippen LogP contribution in [0.15, 0.2) is 36.4 Å². The predicted octanol–water partition coefficient (Wildman–Crippen LogP) is 3.41. The molecular formula is C14H10FNO4. The van der Waals surface area contributed by atoms with Gasteiger partial charge in [-0.3, -0.25) is 10.1 Å². The van der Waals surface area contributed by atoms with Gasteiger partial charge in [-0.25, -0.2) is 9.18 Å². The van der Waals surface area contributed by atoms with Crippen LogP contribution in [0.3, 0.4) is 0 Å². The molecule has 6 heteroatoms. The van der Waals surface area contributed by atoms with E-state index in [-0.39, 0.29) is 16.7 Å². The molecule has 2 aromatic rings. The van der Waals surface area contributed by atoms with Gasteiger partial charge in [-0.05, 0) is 25.1 Å². The van der Waals surface area contributed by atoms with Crippen molar-refractivity contribution in [1.29, 1.82) is 0 Å². The lowest BCUT2D eigenvalue weighted by molar-refractivity contribution is -0.384. The average molecular weight is 275 g/mol. The minimum Gasteiger partial charge on any atom is -0.478 e. The monoisotopic (exact) mass is 275 g/mol. The second-order valence-electron chi connectivity index (χ2n) is 4.25. The minimum absolute atomic E-state index is 0.0882. The van der Waals surface area contributed by atoms with Gasteiger partial charge in [-0.1, -0.05) is 17.7 Å². The van der Waals surface area contributed by atoms with Crippen molar-refractivity contribution in [2.45, 2.75) is 6.92 Å². The summed E-state index contributed by atoms with van der Waals surface area (Å²) in [5.74, 6) is -2.04. The van der Waals surface area contributed by atoms with Gasteiger partial charge in [0.25, 0.3) is 5.69 Å². The van der Waals surface area contributed by atoms with Crippen molar-refractivity contribution in [3.8, 4) is 11.1 Å². The lowest BCUT2D eigenvalue weighted by Crippen LogP contribution is -2.04. The zero-order chi connectivity index (χ0) is 14.9. The number of carboxylic acids is 1. The summed E-state index contributed by atoms with van der Waals surface area (Å²) >= 11 is 0. The summed E-state index contributed by atoms with van der Waals surface area (Å²) in [5.41, 5.74) is -0.366. The highest BCUT2D eigenvalue weighted by Gasteiger charge is 2.24. The molecule has 0 bridgehead atoms. The molecule has 0 spiro atoms. The van der Waals surface area contributed by atoms with Gasteiger partial charge in [0.2, 0.25) is 0 Å². The Morgan fingerprint density at radius 3 is 2.60 bits per heavy atom. The highest BCUT2D eigenvalue weighted by atomic mass is 19.1. The lowest BCUT2D eigenvalue weighted by Gasteiger charge is -2.09. The first-order valence-corrected chi connectivity index (χ1v) is 5.69. The van der Waals surface area contributed by atoms with Crippen LogP contribution in [0.25, 0.3) is 11.1 Å². The SMILES string of the molecule is Cc1ccc(F)c(-c2c(C(=O)O)cccc2[N+](=O)[O-])c1. The molecule has 0 radical (unpaired) electrons. The second-order valence-corrected chi connectivity index (χ2v) is 4.25. The van der Waals surface area contributed by atoms with Crippen molar-refractivity contribution in [2.24, 2.45) is 0 Å². The zero-order valence-electron chi connectivity index (χ0n) is 10.5. The number of benzene rings is 2. The minimum atomic E-state index is -1.34. The second kappa shape index (κ2) is 5.08. The Morgan fingerprint density at radius 2 is 2.00 bits per heavy atom. The van der Waals surface area contributed by atoms with Gasteiger partial charge in [0.1, 0.15) is 5.82 Å². The molecule has 0 aliphatic carbocycles. The fourth-order valence-corrected chi connectivity index (χ4v) is 1.98. The van der Waals surface area contributed by atoms with Crippen LogP contribution in [0.4, 0.5) is 10.1 Å². The molecule has 0 saturated carbocycles. The fourth-order valence-electron chi connectivity index (χ4n) is 1.98. The molecule has 2 aromatic carbocycles. The van der Waals surface area contributed by atoms with Crippen LogP contribution in [0.1, 0.15) is 15.9 Å². The van der Waals surface area contributed by atoms with Crippen molar-refractivity contribution in [3.05, 3.63) is 63.5 Å². The number of aryl methyl sites for hydroxylation is 1. The Balaban J connectivity index is 2.86. The number of aromatic carboxylic acids is 1. The third kappa shape index (κ3) is 2.35. The molecule has 0 saturated heterocycles. The van der Waals surface area contributed by atoms with Gasteiger partial charge in [0.15, 0.2) is 0 Å². The van der Waals surface area contributed by atoms with Crippen molar-refractivity contribution in [2.75, 3.05) is 0 Å². The number of carboxylic acid groups (broad SMARTS) is 1. The van der Waals surface area contributed by atoms with E-state index in [0.29, 0.717) is 5.56 Å². The summed E-state index contributed by atoms with van der Waals surface area (Å²) < 4.78 is 13.9. The molecule has 0 amide bonds. The van der Waals surface area contributed by atoms with Crippen LogP contribution in [0, 0.1) is 22.9 Å². The third-order valence-electron chi connectivity index (χ3n) is 2.86. The number of hydrogen-bond acceptors (Lipinski definition) is 3.